The van der Waals surface area contributed by atoms with E-state index in [1.807, 2.05) is 4.90 Å². The van der Waals surface area contributed by atoms with Crippen LogP contribution in [-0.2, 0) is 9.59 Å². The molecule has 23 heavy (non-hydrogen) atoms. The number of carbonyl (C=O) groups is 2. The fraction of sp³-hybridized carbons (Fsp3) is 0.882. The smallest absolute Gasteiger partial charge is 0.225 e. The van der Waals surface area contributed by atoms with Crippen LogP contribution >= 0.6 is 12.4 Å². The third-order valence-electron chi connectivity index (χ3n) is 5.55. The van der Waals surface area contributed by atoms with Gasteiger partial charge < -0.3 is 15.5 Å². The van der Waals surface area contributed by atoms with Crippen LogP contribution < -0.4 is 10.6 Å². The SMILES string of the molecule is Cl.O=C(NCCC1CCCNC1)C1CC(=O)N(C2CCCC2)C1. The van der Waals surface area contributed by atoms with Crippen molar-refractivity contribution in [3.63, 3.8) is 0 Å². The number of hydrogen-bond donors (Lipinski definition) is 2. The summed E-state index contributed by atoms with van der Waals surface area (Å²) in [4.78, 5) is 26.4. The number of piperidine rings is 1. The Morgan fingerprint density at radius 2 is 2.00 bits per heavy atom. The number of hydrogen-bond acceptors (Lipinski definition) is 3. The molecule has 0 spiro atoms. The van der Waals surface area contributed by atoms with Crippen molar-refractivity contribution in [3.05, 3.63) is 0 Å². The average molecular weight is 344 g/mol. The molecule has 3 aliphatic rings. The van der Waals surface area contributed by atoms with Gasteiger partial charge in [0.25, 0.3) is 0 Å². The maximum Gasteiger partial charge on any atom is 0.225 e. The zero-order chi connectivity index (χ0) is 15.4. The first-order chi connectivity index (χ1) is 10.7. The molecule has 2 atom stereocenters. The highest BCUT2D eigenvalue weighted by atomic mass is 35.5. The monoisotopic (exact) mass is 343 g/mol. The van der Waals surface area contributed by atoms with Gasteiger partial charge in [-0.2, -0.15) is 0 Å². The predicted octanol–water partition coefficient (Wildman–Crippen LogP) is 1.71. The predicted molar refractivity (Wildman–Crippen MR) is 92.5 cm³/mol. The number of carbonyl (C=O) groups excluding carboxylic acids is 2. The summed E-state index contributed by atoms with van der Waals surface area (Å²) < 4.78 is 0. The van der Waals surface area contributed by atoms with Gasteiger partial charge in [0.15, 0.2) is 0 Å². The Hall–Kier alpha value is -0.810. The Bertz CT molecular complexity index is 407. The van der Waals surface area contributed by atoms with Crippen LogP contribution in [0, 0.1) is 11.8 Å². The van der Waals surface area contributed by atoms with Crippen LogP contribution in [0.3, 0.4) is 0 Å². The van der Waals surface area contributed by atoms with Gasteiger partial charge in [-0.15, -0.1) is 12.4 Å². The lowest BCUT2D eigenvalue weighted by atomic mass is 9.96. The van der Waals surface area contributed by atoms with Crippen molar-refractivity contribution in [2.45, 2.75) is 57.4 Å². The maximum absolute atomic E-state index is 12.3. The largest absolute Gasteiger partial charge is 0.356 e. The molecule has 2 aliphatic heterocycles. The minimum Gasteiger partial charge on any atom is -0.356 e. The van der Waals surface area contributed by atoms with Crippen LogP contribution in [0.25, 0.3) is 0 Å². The third-order valence-corrected chi connectivity index (χ3v) is 5.55. The lowest BCUT2D eigenvalue weighted by molar-refractivity contribution is -0.130. The zero-order valence-electron chi connectivity index (χ0n) is 13.9. The number of nitrogens with one attached hydrogen (secondary N) is 2. The molecule has 5 nitrogen and oxygen atoms in total. The van der Waals surface area contributed by atoms with Gasteiger partial charge in [-0.3, -0.25) is 9.59 Å². The Labute approximate surface area is 145 Å². The first-order valence-corrected chi connectivity index (χ1v) is 9.02. The Morgan fingerprint density at radius 3 is 2.70 bits per heavy atom. The molecule has 1 aliphatic carbocycles. The van der Waals surface area contributed by atoms with Gasteiger partial charge in [0.05, 0.1) is 5.92 Å². The second-order valence-electron chi connectivity index (χ2n) is 7.18. The first kappa shape index (κ1) is 18.5. The molecule has 0 aromatic rings. The highest BCUT2D eigenvalue weighted by molar-refractivity contribution is 5.89. The molecule has 2 amide bonds. The quantitative estimate of drug-likeness (QED) is 0.798. The number of likely N-dealkylation sites (tertiary alicyclic amines) is 1. The van der Waals surface area contributed by atoms with E-state index in [-0.39, 0.29) is 30.1 Å². The van der Waals surface area contributed by atoms with E-state index in [4.69, 9.17) is 0 Å². The van der Waals surface area contributed by atoms with Gasteiger partial charge in [-0.25, -0.2) is 0 Å². The molecule has 1 saturated carbocycles. The van der Waals surface area contributed by atoms with Crippen LogP contribution in [0.4, 0.5) is 0 Å². The van der Waals surface area contributed by atoms with Gasteiger partial charge in [0.1, 0.15) is 0 Å². The van der Waals surface area contributed by atoms with E-state index in [1.54, 1.807) is 0 Å². The highest BCUT2D eigenvalue weighted by Gasteiger charge is 2.38. The molecule has 2 unspecified atom stereocenters. The Morgan fingerprint density at radius 1 is 1.22 bits per heavy atom. The summed E-state index contributed by atoms with van der Waals surface area (Å²) in [6.07, 6.45) is 8.65. The molecule has 2 N–H and O–H groups in total. The van der Waals surface area contributed by atoms with Gasteiger partial charge >= 0.3 is 0 Å². The van der Waals surface area contributed by atoms with Crippen molar-refractivity contribution in [2.24, 2.45) is 11.8 Å². The fourth-order valence-electron chi connectivity index (χ4n) is 4.19. The van der Waals surface area contributed by atoms with Gasteiger partial charge in [0.2, 0.25) is 11.8 Å². The standard InChI is InChI=1S/C17H29N3O2.ClH/c21-16-10-14(12-20(16)15-5-1-2-6-15)17(22)19-9-7-13-4-3-8-18-11-13;/h13-15,18H,1-12H2,(H,19,22);1H. The van der Waals surface area contributed by atoms with Crippen molar-refractivity contribution in [2.75, 3.05) is 26.2 Å². The van der Waals surface area contributed by atoms with Crippen LogP contribution in [0.1, 0.15) is 51.4 Å². The van der Waals surface area contributed by atoms with E-state index >= 15 is 0 Å². The van der Waals surface area contributed by atoms with E-state index in [2.05, 4.69) is 10.6 Å². The number of nitrogens with zero attached hydrogens (tertiary/aromatic N) is 1. The van der Waals surface area contributed by atoms with Gasteiger partial charge in [0, 0.05) is 25.6 Å². The normalized spacial score (nSPS) is 28.7. The summed E-state index contributed by atoms with van der Waals surface area (Å²) >= 11 is 0. The van der Waals surface area contributed by atoms with E-state index in [0.717, 1.165) is 38.9 Å². The first-order valence-electron chi connectivity index (χ1n) is 9.02. The van der Waals surface area contributed by atoms with E-state index < -0.39 is 0 Å². The summed E-state index contributed by atoms with van der Waals surface area (Å²) in [5.41, 5.74) is 0. The van der Waals surface area contributed by atoms with Crippen LogP contribution in [-0.4, -0.2) is 48.9 Å². The molecule has 3 rings (SSSR count). The molecular formula is C17H30ClN3O2. The van der Waals surface area contributed by atoms with Crippen molar-refractivity contribution in [3.8, 4) is 0 Å². The van der Waals surface area contributed by atoms with E-state index in [1.165, 1.54) is 25.7 Å². The Kier molecular flexibility index (Phi) is 7.15. The molecular weight excluding hydrogens is 314 g/mol. The minimum absolute atomic E-state index is 0. The Balaban J connectivity index is 0.00000192. The minimum atomic E-state index is -0.127. The second kappa shape index (κ2) is 8.88. The molecule has 0 bridgehead atoms. The molecule has 3 fully saturated rings. The van der Waals surface area contributed by atoms with Crippen molar-refractivity contribution in [1.82, 2.24) is 15.5 Å². The molecule has 132 valence electrons. The lowest BCUT2D eigenvalue weighted by Crippen LogP contribution is -2.38. The fourth-order valence-corrected chi connectivity index (χ4v) is 4.19. The third kappa shape index (κ3) is 4.83. The maximum atomic E-state index is 12.3. The van der Waals surface area contributed by atoms with Crippen molar-refractivity contribution in [1.29, 1.82) is 0 Å². The molecule has 0 aromatic carbocycles. The zero-order valence-corrected chi connectivity index (χ0v) is 14.7. The summed E-state index contributed by atoms with van der Waals surface area (Å²) in [6.45, 7) is 3.59. The number of amides is 2. The summed E-state index contributed by atoms with van der Waals surface area (Å²) in [7, 11) is 0. The van der Waals surface area contributed by atoms with Crippen LogP contribution in [0.15, 0.2) is 0 Å². The molecule has 2 saturated heterocycles. The molecule has 2 heterocycles. The average Bonchev–Trinajstić information content (AvgIpc) is 3.17. The summed E-state index contributed by atoms with van der Waals surface area (Å²) in [5.74, 6) is 0.827. The highest BCUT2D eigenvalue weighted by Crippen LogP contribution is 2.29. The summed E-state index contributed by atoms with van der Waals surface area (Å²) in [6, 6.07) is 0.401. The number of halogens is 1. The van der Waals surface area contributed by atoms with Crippen molar-refractivity contribution >= 4 is 24.2 Å². The van der Waals surface area contributed by atoms with Crippen LogP contribution in [0.2, 0.25) is 0 Å². The second-order valence-corrected chi connectivity index (χ2v) is 7.18. The van der Waals surface area contributed by atoms with E-state index in [9.17, 15) is 9.59 Å². The van der Waals surface area contributed by atoms with Gasteiger partial charge in [-0.05, 0) is 51.1 Å². The molecule has 6 heteroatoms. The van der Waals surface area contributed by atoms with Crippen LogP contribution in [0.5, 0.6) is 0 Å². The number of rotatable bonds is 5. The van der Waals surface area contributed by atoms with Gasteiger partial charge in [-0.1, -0.05) is 12.8 Å². The molecule has 0 radical (unpaired) electrons. The van der Waals surface area contributed by atoms with Crippen molar-refractivity contribution < 1.29 is 9.59 Å². The topological polar surface area (TPSA) is 61.4 Å². The summed E-state index contributed by atoms with van der Waals surface area (Å²) in [5, 5.41) is 6.46. The molecule has 0 aromatic heterocycles. The lowest BCUT2D eigenvalue weighted by Gasteiger charge is -2.24. The van der Waals surface area contributed by atoms with E-state index in [0.29, 0.717) is 24.9 Å².